The minimum atomic E-state index is 0.361. The maximum Gasteiger partial charge on any atom is 0.0431 e. The van der Waals surface area contributed by atoms with E-state index in [1.165, 1.54) is 96.7 Å². The second kappa shape index (κ2) is 8.82. The van der Waals surface area contributed by atoms with Crippen LogP contribution in [0.5, 0.6) is 0 Å². The fourth-order valence-electron chi connectivity index (χ4n) is 4.76. The molecule has 3 fully saturated rings. The summed E-state index contributed by atoms with van der Waals surface area (Å²) in [7, 11) is 4.59. The van der Waals surface area contributed by atoms with Crippen LogP contribution in [-0.4, -0.2) is 45.7 Å². The molecule has 1 N–H and O–H groups in total. The smallest absolute Gasteiger partial charge is 0.0431 e. The lowest BCUT2D eigenvalue weighted by molar-refractivity contribution is 0.184. The predicted molar refractivity (Wildman–Crippen MR) is 104 cm³/mol. The highest BCUT2D eigenvalue weighted by atomic mass is 33.1. The molecule has 0 unspecified atom stereocenters. The van der Waals surface area contributed by atoms with Crippen LogP contribution in [0.1, 0.15) is 83.5 Å². The summed E-state index contributed by atoms with van der Waals surface area (Å²) in [6.45, 7) is 4.27. The topological polar surface area (TPSA) is 23.5 Å². The number of hydrogen-bond acceptors (Lipinski definition) is 4. The summed E-state index contributed by atoms with van der Waals surface area (Å²) in [4.78, 5) is 2.83. The van der Waals surface area contributed by atoms with Crippen molar-refractivity contribution in [3.8, 4) is 0 Å². The van der Waals surface area contributed by atoms with Gasteiger partial charge in [0.1, 0.15) is 0 Å². The molecule has 0 atom stereocenters. The lowest BCUT2D eigenvalue weighted by Crippen LogP contribution is -2.45. The Bertz CT molecular complexity index is 323. The lowest BCUT2D eigenvalue weighted by Gasteiger charge is -2.38. The van der Waals surface area contributed by atoms with Crippen molar-refractivity contribution in [2.24, 2.45) is 0 Å². The molecule has 1 saturated heterocycles. The summed E-state index contributed by atoms with van der Waals surface area (Å²) in [5, 5.41) is 9.03. The molecule has 0 bridgehead atoms. The molecule has 134 valence electrons. The van der Waals surface area contributed by atoms with E-state index in [-0.39, 0.29) is 0 Å². The van der Waals surface area contributed by atoms with E-state index >= 15 is 0 Å². The lowest BCUT2D eigenvalue weighted by atomic mass is 9.85. The molecule has 0 aromatic rings. The van der Waals surface area contributed by atoms with Gasteiger partial charge >= 0.3 is 0 Å². The van der Waals surface area contributed by atoms with Crippen molar-refractivity contribution in [3.63, 3.8) is 0 Å². The van der Waals surface area contributed by atoms with Crippen LogP contribution in [0.15, 0.2) is 0 Å². The van der Waals surface area contributed by atoms with Crippen molar-refractivity contribution in [1.29, 1.82) is 0 Å². The normalized spacial score (nSPS) is 28.0. The second-order valence-corrected chi connectivity index (χ2v) is 11.2. The zero-order valence-electron chi connectivity index (χ0n) is 14.7. The molecule has 2 nitrogen and oxygen atoms in total. The van der Waals surface area contributed by atoms with E-state index in [9.17, 15) is 0 Å². The van der Waals surface area contributed by atoms with Crippen molar-refractivity contribution >= 4 is 21.6 Å². The summed E-state index contributed by atoms with van der Waals surface area (Å²) in [5.74, 6) is 0. The van der Waals surface area contributed by atoms with Crippen LogP contribution in [0, 0.1) is 0 Å². The first-order valence-electron chi connectivity index (χ1n) is 9.96. The molecule has 4 heteroatoms. The van der Waals surface area contributed by atoms with Crippen molar-refractivity contribution in [2.75, 3.05) is 26.2 Å². The minimum Gasteiger partial charge on any atom is -0.396 e. The maximum atomic E-state index is 9.03. The Morgan fingerprint density at radius 1 is 0.696 bits per heavy atom. The molecule has 3 aliphatic rings. The average Bonchev–Trinajstić information content (AvgIpc) is 2.71. The molecule has 0 amide bonds. The Balaban J connectivity index is 1.65. The van der Waals surface area contributed by atoms with Crippen molar-refractivity contribution < 1.29 is 5.11 Å². The van der Waals surface area contributed by atoms with Crippen molar-refractivity contribution in [3.05, 3.63) is 0 Å². The van der Waals surface area contributed by atoms with Gasteiger partial charge in [-0.3, -0.25) is 0 Å². The van der Waals surface area contributed by atoms with Crippen LogP contribution in [0.4, 0.5) is 0 Å². The van der Waals surface area contributed by atoms with Gasteiger partial charge in [0.2, 0.25) is 0 Å². The van der Waals surface area contributed by atoms with Crippen LogP contribution in [0.3, 0.4) is 0 Å². The van der Waals surface area contributed by atoms with Crippen LogP contribution in [0.25, 0.3) is 0 Å². The van der Waals surface area contributed by atoms with E-state index in [4.69, 9.17) is 5.11 Å². The molecule has 2 spiro atoms. The van der Waals surface area contributed by atoms with E-state index in [1.807, 2.05) is 0 Å². The Hall–Kier alpha value is 0.620. The Labute approximate surface area is 150 Å². The van der Waals surface area contributed by atoms with Gasteiger partial charge in [-0.15, -0.1) is 0 Å². The summed E-state index contributed by atoms with van der Waals surface area (Å²) in [6, 6.07) is 0. The summed E-state index contributed by atoms with van der Waals surface area (Å²) >= 11 is 0. The summed E-state index contributed by atoms with van der Waals surface area (Å²) in [6.07, 6.45) is 17.9. The van der Waals surface area contributed by atoms with Gasteiger partial charge in [-0.1, -0.05) is 60.1 Å². The van der Waals surface area contributed by atoms with Gasteiger partial charge in [0.25, 0.3) is 0 Å². The van der Waals surface area contributed by atoms with E-state index in [0.717, 1.165) is 6.42 Å². The number of unbranched alkanes of at least 4 members (excludes halogenated alkanes) is 2. The Kier molecular flexibility index (Phi) is 7.06. The minimum absolute atomic E-state index is 0.361. The van der Waals surface area contributed by atoms with Gasteiger partial charge in [-0.05, 0) is 51.5 Å². The van der Waals surface area contributed by atoms with Gasteiger partial charge in [0.05, 0.1) is 0 Å². The van der Waals surface area contributed by atoms with Crippen molar-refractivity contribution in [2.45, 2.75) is 93.0 Å². The van der Waals surface area contributed by atoms with Crippen LogP contribution >= 0.6 is 21.6 Å². The number of nitrogens with zero attached hydrogens (tertiary/aromatic N) is 1. The molecule has 1 aliphatic heterocycles. The number of aliphatic hydroxyl groups is 1. The first-order valence-corrected chi connectivity index (χ1v) is 12.1. The third-order valence-corrected chi connectivity index (χ3v) is 10.3. The van der Waals surface area contributed by atoms with E-state index in [2.05, 4.69) is 26.5 Å². The molecule has 1 heterocycles. The van der Waals surface area contributed by atoms with Gasteiger partial charge in [0.15, 0.2) is 0 Å². The molecule has 23 heavy (non-hydrogen) atoms. The second-order valence-electron chi connectivity index (χ2n) is 8.15. The molecular formula is C19H35NOS2. The van der Waals surface area contributed by atoms with Crippen LogP contribution < -0.4 is 0 Å². The van der Waals surface area contributed by atoms with E-state index in [1.54, 1.807) is 0 Å². The molecule has 3 rings (SSSR count). The first kappa shape index (κ1) is 18.4. The number of rotatable bonds is 5. The molecule has 2 saturated carbocycles. The first-order chi connectivity index (χ1) is 11.3. The SMILES string of the molecule is OCCCCCN1CC2(CCCCC2)SSC2(CCCCC2)C1. The molecular weight excluding hydrogens is 322 g/mol. The van der Waals surface area contributed by atoms with Gasteiger partial charge in [0, 0.05) is 29.2 Å². The van der Waals surface area contributed by atoms with Gasteiger partial charge in [-0.25, -0.2) is 0 Å². The van der Waals surface area contributed by atoms with Crippen LogP contribution in [0.2, 0.25) is 0 Å². The zero-order valence-corrected chi connectivity index (χ0v) is 16.4. The third-order valence-electron chi connectivity index (χ3n) is 6.08. The zero-order chi connectivity index (χ0) is 16.0. The Morgan fingerprint density at radius 3 is 1.70 bits per heavy atom. The fraction of sp³-hybridized carbons (Fsp3) is 1.00. The highest BCUT2D eigenvalue weighted by Gasteiger charge is 2.44. The van der Waals surface area contributed by atoms with Gasteiger partial charge < -0.3 is 10.0 Å². The highest BCUT2D eigenvalue weighted by molar-refractivity contribution is 8.77. The van der Waals surface area contributed by atoms with Gasteiger partial charge in [-0.2, -0.15) is 0 Å². The van der Waals surface area contributed by atoms with E-state index < -0.39 is 0 Å². The molecule has 0 aromatic carbocycles. The third kappa shape index (κ3) is 5.05. The maximum absolute atomic E-state index is 9.03. The predicted octanol–water partition coefficient (Wildman–Crippen LogP) is 5.25. The molecule has 2 aliphatic carbocycles. The monoisotopic (exact) mass is 357 g/mol. The fourth-order valence-corrected chi connectivity index (χ4v) is 8.87. The number of hydrogen-bond donors (Lipinski definition) is 1. The van der Waals surface area contributed by atoms with Crippen molar-refractivity contribution in [1.82, 2.24) is 4.90 Å². The quantitative estimate of drug-likeness (QED) is 0.536. The summed E-state index contributed by atoms with van der Waals surface area (Å²) < 4.78 is 1.09. The number of aliphatic hydroxyl groups excluding tert-OH is 1. The molecule has 0 radical (unpaired) electrons. The molecule has 0 aromatic heterocycles. The largest absolute Gasteiger partial charge is 0.396 e. The van der Waals surface area contributed by atoms with Crippen LogP contribution in [-0.2, 0) is 0 Å². The standard InChI is InChI=1S/C19H35NOS2/c21-15-9-3-8-14-20-16-18(10-4-1-5-11-18)22-23-19(17-20)12-6-2-7-13-19/h21H,1-17H2. The Morgan fingerprint density at radius 2 is 1.22 bits per heavy atom. The average molecular weight is 358 g/mol. The highest BCUT2D eigenvalue weighted by Crippen LogP contribution is 2.56. The van der Waals surface area contributed by atoms with E-state index in [0.29, 0.717) is 16.1 Å². The summed E-state index contributed by atoms with van der Waals surface area (Å²) in [5.41, 5.74) is 0.